The molecule has 1 rings (SSSR count). The lowest BCUT2D eigenvalue weighted by molar-refractivity contribution is -0.138. The lowest BCUT2D eigenvalue weighted by atomic mass is 9.92. The van der Waals surface area contributed by atoms with Gasteiger partial charge in [0.15, 0.2) is 0 Å². The Morgan fingerprint density at radius 1 is 1.57 bits per heavy atom. The molecule has 1 N–H and O–H groups in total. The van der Waals surface area contributed by atoms with Gasteiger partial charge in [0.25, 0.3) is 0 Å². The molecule has 0 spiro atoms. The van der Waals surface area contributed by atoms with Crippen LogP contribution in [0.2, 0.25) is 0 Å². The Kier molecular flexibility index (Phi) is 3.23. The second-order valence-corrected chi connectivity index (χ2v) is 3.27. The Morgan fingerprint density at radius 2 is 2.21 bits per heavy atom. The van der Waals surface area contributed by atoms with E-state index >= 15 is 0 Å². The van der Waals surface area contributed by atoms with Crippen molar-refractivity contribution in [1.82, 2.24) is 0 Å². The molecule has 1 atom stereocenters. The predicted octanol–water partition coefficient (Wildman–Crippen LogP) is 2.71. The smallest absolute Gasteiger partial charge is 0.311 e. The number of carboxylic acid groups (broad SMARTS) is 1. The lowest BCUT2D eigenvalue weighted by Crippen LogP contribution is -2.13. The molecular formula is C11H13FO2. The summed E-state index contributed by atoms with van der Waals surface area (Å²) in [6.45, 7) is 3.47. The molecule has 0 aliphatic carbocycles. The number of carboxylic acids is 1. The van der Waals surface area contributed by atoms with Gasteiger partial charge in [0, 0.05) is 5.56 Å². The maximum atomic E-state index is 13.4. The summed E-state index contributed by atoms with van der Waals surface area (Å²) in [5.41, 5.74) is 1.00. The van der Waals surface area contributed by atoms with Crippen molar-refractivity contribution in [1.29, 1.82) is 0 Å². The number of hydrogen-bond donors (Lipinski definition) is 1. The Morgan fingerprint density at radius 3 is 2.64 bits per heavy atom. The van der Waals surface area contributed by atoms with Crippen molar-refractivity contribution in [3.8, 4) is 0 Å². The molecule has 0 fully saturated rings. The molecule has 0 amide bonds. The fraction of sp³-hybridized carbons (Fsp3) is 0.364. The minimum Gasteiger partial charge on any atom is -0.481 e. The summed E-state index contributed by atoms with van der Waals surface area (Å²) < 4.78 is 13.4. The van der Waals surface area contributed by atoms with Gasteiger partial charge in [0.2, 0.25) is 0 Å². The van der Waals surface area contributed by atoms with Crippen LogP contribution in [0.15, 0.2) is 18.2 Å². The molecule has 14 heavy (non-hydrogen) atoms. The van der Waals surface area contributed by atoms with E-state index < -0.39 is 17.7 Å². The van der Waals surface area contributed by atoms with Crippen molar-refractivity contribution in [3.63, 3.8) is 0 Å². The summed E-state index contributed by atoms with van der Waals surface area (Å²) in [7, 11) is 0. The van der Waals surface area contributed by atoms with E-state index in [2.05, 4.69) is 0 Å². The van der Waals surface area contributed by atoms with Gasteiger partial charge in [-0.15, -0.1) is 0 Å². The molecule has 76 valence electrons. The highest BCUT2D eigenvalue weighted by Gasteiger charge is 2.22. The minimum absolute atomic E-state index is 0.308. The largest absolute Gasteiger partial charge is 0.481 e. The molecule has 3 heteroatoms. The minimum atomic E-state index is -0.972. The molecule has 0 aromatic heterocycles. The zero-order valence-electron chi connectivity index (χ0n) is 8.25. The molecule has 0 aliphatic heterocycles. The highest BCUT2D eigenvalue weighted by atomic mass is 19.1. The summed E-state index contributed by atoms with van der Waals surface area (Å²) >= 11 is 0. The van der Waals surface area contributed by atoms with Crippen LogP contribution in [-0.2, 0) is 4.79 Å². The first-order valence-electron chi connectivity index (χ1n) is 4.55. The number of aryl methyl sites for hydroxylation is 1. The van der Waals surface area contributed by atoms with Gasteiger partial charge in [0.05, 0.1) is 5.92 Å². The van der Waals surface area contributed by atoms with Gasteiger partial charge in [-0.1, -0.05) is 19.1 Å². The normalized spacial score (nSPS) is 12.5. The highest BCUT2D eigenvalue weighted by Crippen LogP contribution is 2.25. The van der Waals surface area contributed by atoms with E-state index in [1.807, 2.05) is 0 Å². The first-order valence-corrected chi connectivity index (χ1v) is 4.55. The van der Waals surface area contributed by atoms with Crippen LogP contribution in [0, 0.1) is 12.7 Å². The molecule has 1 aromatic rings. The molecule has 1 unspecified atom stereocenters. The Hall–Kier alpha value is -1.38. The SMILES string of the molecule is CCC(C(=O)O)c1c(C)cccc1F. The van der Waals surface area contributed by atoms with E-state index in [9.17, 15) is 9.18 Å². The third kappa shape index (κ3) is 1.92. The fourth-order valence-corrected chi connectivity index (χ4v) is 1.59. The summed E-state index contributed by atoms with van der Waals surface area (Å²) in [5, 5.41) is 8.91. The molecule has 0 bridgehead atoms. The maximum absolute atomic E-state index is 13.4. The van der Waals surface area contributed by atoms with E-state index in [0.29, 0.717) is 17.5 Å². The number of halogens is 1. The predicted molar refractivity (Wildman–Crippen MR) is 51.8 cm³/mol. The monoisotopic (exact) mass is 196 g/mol. The molecule has 0 aliphatic rings. The van der Waals surface area contributed by atoms with Crippen LogP contribution >= 0.6 is 0 Å². The van der Waals surface area contributed by atoms with Gasteiger partial charge in [-0.05, 0) is 25.0 Å². The lowest BCUT2D eigenvalue weighted by Gasteiger charge is -2.13. The first-order chi connectivity index (χ1) is 6.57. The van der Waals surface area contributed by atoms with Gasteiger partial charge < -0.3 is 5.11 Å². The fourth-order valence-electron chi connectivity index (χ4n) is 1.59. The molecule has 1 aromatic carbocycles. The Balaban J connectivity index is 3.22. The number of rotatable bonds is 3. The van der Waals surface area contributed by atoms with E-state index in [4.69, 9.17) is 5.11 Å². The average molecular weight is 196 g/mol. The summed E-state index contributed by atoms with van der Waals surface area (Å²) in [6, 6.07) is 4.61. The number of benzene rings is 1. The van der Waals surface area contributed by atoms with Gasteiger partial charge >= 0.3 is 5.97 Å². The van der Waals surface area contributed by atoms with Crippen molar-refractivity contribution in [2.75, 3.05) is 0 Å². The van der Waals surface area contributed by atoms with Crippen LogP contribution in [0.1, 0.15) is 30.4 Å². The molecule has 2 nitrogen and oxygen atoms in total. The van der Waals surface area contributed by atoms with Crippen LogP contribution < -0.4 is 0 Å². The maximum Gasteiger partial charge on any atom is 0.311 e. The molecule has 0 heterocycles. The first kappa shape index (κ1) is 10.7. The summed E-state index contributed by atoms with van der Waals surface area (Å²) in [4.78, 5) is 10.9. The van der Waals surface area contributed by atoms with E-state index in [1.54, 1.807) is 26.0 Å². The second kappa shape index (κ2) is 4.22. The van der Waals surface area contributed by atoms with Crippen molar-refractivity contribution in [2.24, 2.45) is 0 Å². The van der Waals surface area contributed by atoms with Crippen molar-refractivity contribution >= 4 is 5.97 Å². The van der Waals surface area contributed by atoms with Crippen LogP contribution in [0.3, 0.4) is 0 Å². The summed E-state index contributed by atoms with van der Waals surface area (Å²) in [5.74, 6) is -2.14. The van der Waals surface area contributed by atoms with Gasteiger partial charge in [-0.3, -0.25) is 4.79 Å². The van der Waals surface area contributed by atoms with Gasteiger partial charge in [-0.2, -0.15) is 0 Å². The van der Waals surface area contributed by atoms with E-state index in [1.165, 1.54) is 6.07 Å². The molecule has 0 saturated heterocycles. The van der Waals surface area contributed by atoms with Crippen LogP contribution in [-0.4, -0.2) is 11.1 Å². The van der Waals surface area contributed by atoms with Crippen LogP contribution in [0.4, 0.5) is 4.39 Å². The molecular weight excluding hydrogens is 183 g/mol. The Bertz CT molecular complexity index is 327. The van der Waals surface area contributed by atoms with Gasteiger partial charge in [0.1, 0.15) is 5.82 Å². The van der Waals surface area contributed by atoms with Crippen LogP contribution in [0.5, 0.6) is 0 Å². The summed E-state index contributed by atoms with van der Waals surface area (Å²) in [6.07, 6.45) is 0.400. The standard InChI is InChI=1S/C11H13FO2/c1-3-8(11(13)14)10-7(2)5-4-6-9(10)12/h4-6,8H,3H2,1-2H3,(H,13,14). The topological polar surface area (TPSA) is 37.3 Å². The van der Waals surface area contributed by atoms with E-state index in [0.717, 1.165) is 0 Å². The van der Waals surface area contributed by atoms with Crippen LogP contribution in [0.25, 0.3) is 0 Å². The zero-order valence-corrected chi connectivity index (χ0v) is 8.25. The molecule has 0 radical (unpaired) electrons. The number of aliphatic carboxylic acids is 1. The second-order valence-electron chi connectivity index (χ2n) is 3.27. The number of carbonyl (C=O) groups is 1. The highest BCUT2D eigenvalue weighted by molar-refractivity contribution is 5.76. The average Bonchev–Trinajstić information content (AvgIpc) is 2.10. The quantitative estimate of drug-likeness (QED) is 0.807. The third-order valence-electron chi connectivity index (χ3n) is 2.33. The van der Waals surface area contributed by atoms with E-state index in [-0.39, 0.29) is 0 Å². The zero-order chi connectivity index (χ0) is 10.7. The number of hydrogen-bond acceptors (Lipinski definition) is 1. The van der Waals surface area contributed by atoms with Crippen molar-refractivity contribution < 1.29 is 14.3 Å². The Labute approximate surface area is 82.4 Å². The van der Waals surface area contributed by atoms with Gasteiger partial charge in [-0.25, -0.2) is 4.39 Å². The van der Waals surface area contributed by atoms with Crippen molar-refractivity contribution in [2.45, 2.75) is 26.2 Å². The van der Waals surface area contributed by atoms with Crippen molar-refractivity contribution in [3.05, 3.63) is 35.1 Å². The third-order valence-corrected chi connectivity index (χ3v) is 2.33. The molecule has 0 saturated carbocycles.